The van der Waals surface area contributed by atoms with Gasteiger partial charge in [-0.2, -0.15) is 0 Å². The molecule has 0 aliphatic carbocycles. The van der Waals surface area contributed by atoms with Crippen molar-refractivity contribution in [3.63, 3.8) is 0 Å². The summed E-state index contributed by atoms with van der Waals surface area (Å²) in [5, 5.41) is 3.40. The Labute approximate surface area is 91.5 Å². The first-order valence-corrected chi connectivity index (χ1v) is 5.79. The van der Waals surface area contributed by atoms with Crippen molar-refractivity contribution in [2.24, 2.45) is 0 Å². The maximum absolute atomic E-state index is 5.75. The number of alkyl halides is 1. The minimum atomic E-state index is 0.588. The van der Waals surface area contributed by atoms with Gasteiger partial charge < -0.3 is 5.32 Å². The lowest BCUT2D eigenvalue weighted by Crippen LogP contribution is -2.01. The quantitative estimate of drug-likeness (QED) is 0.554. The molecule has 0 aliphatic heterocycles. The van der Waals surface area contributed by atoms with E-state index in [0.29, 0.717) is 5.88 Å². The molecular formula is C12H18ClN. The normalized spacial score (nSPS) is 10.1. The van der Waals surface area contributed by atoms with Crippen LogP contribution < -0.4 is 5.32 Å². The molecule has 0 saturated heterocycles. The van der Waals surface area contributed by atoms with E-state index in [2.05, 4.69) is 24.4 Å². The fourth-order valence-corrected chi connectivity index (χ4v) is 1.54. The number of rotatable bonds is 6. The molecule has 0 heterocycles. The third-order valence-electron chi connectivity index (χ3n) is 2.19. The molecule has 0 fully saturated rings. The molecule has 1 rings (SSSR count). The molecule has 0 bridgehead atoms. The van der Waals surface area contributed by atoms with E-state index in [1.54, 1.807) is 0 Å². The molecule has 0 saturated carbocycles. The maximum atomic E-state index is 5.75. The summed E-state index contributed by atoms with van der Waals surface area (Å²) >= 11 is 5.75. The molecule has 1 aromatic rings. The Hall–Kier alpha value is -0.690. The van der Waals surface area contributed by atoms with Crippen LogP contribution in [0.25, 0.3) is 0 Å². The molecule has 0 amide bonds. The van der Waals surface area contributed by atoms with Gasteiger partial charge in [-0.25, -0.2) is 0 Å². The molecular weight excluding hydrogens is 194 g/mol. The molecule has 0 aliphatic rings. The van der Waals surface area contributed by atoms with Gasteiger partial charge in [0.25, 0.3) is 0 Å². The smallest absolute Gasteiger partial charge is 0.0474 e. The van der Waals surface area contributed by atoms with Crippen molar-refractivity contribution < 1.29 is 0 Å². The highest BCUT2D eigenvalue weighted by atomic mass is 35.5. The Morgan fingerprint density at radius 1 is 1.29 bits per heavy atom. The monoisotopic (exact) mass is 211 g/mol. The molecule has 0 atom stereocenters. The van der Waals surface area contributed by atoms with Gasteiger partial charge in [-0.15, -0.1) is 11.6 Å². The molecule has 0 unspecified atom stereocenters. The predicted molar refractivity (Wildman–Crippen MR) is 64.0 cm³/mol. The van der Waals surface area contributed by atoms with E-state index in [1.165, 1.54) is 30.5 Å². The molecule has 14 heavy (non-hydrogen) atoms. The van der Waals surface area contributed by atoms with Crippen molar-refractivity contribution in [2.75, 3.05) is 11.9 Å². The number of benzene rings is 1. The predicted octanol–water partition coefficient (Wildman–Crippen LogP) is 4.03. The summed E-state index contributed by atoms with van der Waals surface area (Å²) in [6.45, 7) is 3.27. The minimum Gasteiger partial charge on any atom is -0.385 e. The zero-order chi connectivity index (χ0) is 10.2. The Morgan fingerprint density at radius 3 is 2.86 bits per heavy atom. The van der Waals surface area contributed by atoms with Crippen LogP contribution in [-0.2, 0) is 5.88 Å². The number of unbranched alkanes of at least 4 members (excludes halogenated alkanes) is 2. The molecule has 0 spiro atoms. The second-order valence-corrected chi connectivity index (χ2v) is 3.74. The average molecular weight is 212 g/mol. The van der Waals surface area contributed by atoms with Crippen molar-refractivity contribution in [3.05, 3.63) is 29.8 Å². The summed E-state index contributed by atoms with van der Waals surface area (Å²) in [7, 11) is 0. The largest absolute Gasteiger partial charge is 0.385 e. The Bertz CT molecular complexity index is 260. The first-order valence-electron chi connectivity index (χ1n) is 5.25. The van der Waals surface area contributed by atoms with Crippen LogP contribution in [0.4, 0.5) is 5.69 Å². The summed E-state index contributed by atoms with van der Waals surface area (Å²) in [4.78, 5) is 0. The Balaban J connectivity index is 2.34. The van der Waals surface area contributed by atoms with Crippen LogP contribution in [0.5, 0.6) is 0 Å². The van der Waals surface area contributed by atoms with E-state index in [1.807, 2.05) is 12.1 Å². The molecule has 2 heteroatoms. The van der Waals surface area contributed by atoms with Gasteiger partial charge in [0.15, 0.2) is 0 Å². The SMILES string of the molecule is CCCCCNc1cccc(CCl)c1. The van der Waals surface area contributed by atoms with Crippen molar-refractivity contribution in [1.82, 2.24) is 0 Å². The van der Waals surface area contributed by atoms with E-state index < -0.39 is 0 Å². The maximum Gasteiger partial charge on any atom is 0.0474 e. The van der Waals surface area contributed by atoms with Crippen LogP contribution in [0.2, 0.25) is 0 Å². The van der Waals surface area contributed by atoms with Crippen LogP contribution in [0.15, 0.2) is 24.3 Å². The fraction of sp³-hybridized carbons (Fsp3) is 0.500. The van der Waals surface area contributed by atoms with Crippen LogP contribution in [0.3, 0.4) is 0 Å². The lowest BCUT2D eigenvalue weighted by atomic mass is 10.2. The van der Waals surface area contributed by atoms with E-state index >= 15 is 0 Å². The van der Waals surface area contributed by atoms with Crippen LogP contribution >= 0.6 is 11.6 Å². The van der Waals surface area contributed by atoms with Crippen molar-refractivity contribution in [3.8, 4) is 0 Å². The standard InChI is InChI=1S/C12H18ClN/c1-2-3-4-8-14-12-7-5-6-11(9-12)10-13/h5-7,9,14H,2-4,8,10H2,1H3. The average Bonchev–Trinajstić information content (AvgIpc) is 2.25. The Morgan fingerprint density at radius 2 is 2.14 bits per heavy atom. The number of hydrogen-bond acceptors (Lipinski definition) is 1. The zero-order valence-corrected chi connectivity index (χ0v) is 9.48. The molecule has 1 nitrogen and oxygen atoms in total. The third kappa shape index (κ3) is 4.01. The van der Waals surface area contributed by atoms with Crippen LogP contribution in [0.1, 0.15) is 31.7 Å². The minimum absolute atomic E-state index is 0.588. The van der Waals surface area contributed by atoms with Gasteiger partial charge in [0.05, 0.1) is 0 Å². The topological polar surface area (TPSA) is 12.0 Å². The summed E-state index contributed by atoms with van der Waals surface area (Å²) in [6.07, 6.45) is 3.80. The second kappa shape index (κ2) is 6.72. The highest BCUT2D eigenvalue weighted by Gasteiger charge is 1.93. The molecule has 0 radical (unpaired) electrons. The molecule has 0 aromatic heterocycles. The first-order chi connectivity index (χ1) is 6.86. The van der Waals surface area contributed by atoms with E-state index in [9.17, 15) is 0 Å². The molecule has 1 N–H and O–H groups in total. The Kier molecular flexibility index (Phi) is 5.46. The number of anilines is 1. The van der Waals surface area contributed by atoms with Gasteiger partial charge in [-0.05, 0) is 24.1 Å². The fourth-order valence-electron chi connectivity index (χ4n) is 1.37. The summed E-state index contributed by atoms with van der Waals surface area (Å²) in [6, 6.07) is 8.28. The van der Waals surface area contributed by atoms with Crippen molar-refractivity contribution >= 4 is 17.3 Å². The van der Waals surface area contributed by atoms with Crippen LogP contribution in [0, 0.1) is 0 Å². The second-order valence-electron chi connectivity index (χ2n) is 3.47. The molecule has 78 valence electrons. The summed E-state index contributed by atoms with van der Waals surface area (Å²) in [5.41, 5.74) is 2.35. The first kappa shape index (κ1) is 11.4. The number of nitrogens with one attached hydrogen (secondary N) is 1. The number of halogens is 1. The summed E-state index contributed by atoms with van der Waals surface area (Å²) in [5.74, 6) is 0.588. The highest BCUT2D eigenvalue weighted by molar-refractivity contribution is 6.17. The number of hydrogen-bond donors (Lipinski definition) is 1. The van der Waals surface area contributed by atoms with Gasteiger partial charge in [0, 0.05) is 18.1 Å². The van der Waals surface area contributed by atoms with Gasteiger partial charge in [-0.1, -0.05) is 31.9 Å². The van der Waals surface area contributed by atoms with E-state index in [4.69, 9.17) is 11.6 Å². The third-order valence-corrected chi connectivity index (χ3v) is 2.50. The lowest BCUT2D eigenvalue weighted by Gasteiger charge is -2.06. The lowest BCUT2D eigenvalue weighted by molar-refractivity contribution is 0.744. The van der Waals surface area contributed by atoms with Gasteiger partial charge in [0.2, 0.25) is 0 Å². The summed E-state index contributed by atoms with van der Waals surface area (Å²) < 4.78 is 0. The van der Waals surface area contributed by atoms with E-state index in [-0.39, 0.29) is 0 Å². The van der Waals surface area contributed by atoms with Gasteiger partial charge >= 0.3 is 0 Å². The molecule has 1 aromatic carbocycles. The van der Waals surface area contributed by atoms with E-state index in [0.717, 1.165) is 6.54 Å². The highest BCUT2D eigenvalue weighted by Crippen LogP contribution is 2.12. The van der Waals surface area contributed by atoms with Crippen molar-refractivity contribution in [2.45, 2.75) is 32.1 Å². The van der Waals surface area contributed by atoms with Gasteiger partial charge in [-0.3, -0.25) is 0 Å². The zero-order valence-electron chi connectivity index (χ0n) is 8.72. The van der Waals surface area contributed by atoms with Crippen molar-refractivity contribution in [1.29, 1.82) is 0 Å². The van der Waals surface area contributed by atoms with Gasteiger partial charge in [0.1, 0.15) is 0 Å². The van der Waals surface area contributed by atoms with Crippen LogP contribution in [-0.4, -0.2) is 6.54 Å².